The Kier molecular flexibility index (Phi) is 44.0. The van der Waals surface area contributed by atoms with E-state index in [0.717, 1.165) is 38.5 Å². The van der Waals surface area contributed by atoms with Crippen molar-refractivity contribution in [3.8, 4) is 0 Å². The van der Waals surface area contributed by atoms with E-state index >= 15 is 0 Å². The zero-order chi connectivity index (χ0) is 45.7. The molecule has 0 aromatic heterocycles. The maximum Gasteiger partial charge on any atom is 0.306 e. The van der Waals surface area contributed by atoms with Crippen molar-refractivity contribution in [1.29, 1.82) is 0 Å². The zero-order valence-corrected chi connectivity index (χ0v) is 42.3. The van der Waals surface area contributed by atoms with Crippen LogP contribution in [-0.4, -0.2) is 70.0 Å². The Bertz CT molecular complexity index is 1050. The molecule has 62 heavy (non-hydrogen) atoms. The van der Waals surface area contributed by atoms with Gasteiger partial charge in [-0.05, 0) is 25.7 Å². The van der Waals surface area contributed by atoms with Crippen molar-refractivity contribution in [2.24, 2.45) is 0 Å². The third-order valence-corrected chi connectivity index (χ3v) is 12.9. The lowest BCUT2D eigenvalue weighted by atomic mass is 10.0. The second-order valence-corrected chi connectivity index (χ2v) is 20.7. The van der Waals surface area contributed by atoms with Crippen molar-refractivity contribution in [2.75, 3.05) is 47.5 Å². The van der Waals surface area contributed by atoms with Gasteiger partial charge in [0.15, 0.2) is 6.10 Å². The highest BCUT2D eigenvalue weighted by atomic mass is 31.2. The van der Waals surface area contributed by atoms with Crippen molar-refractivity contribution >= 4 is 19.8 Å². The highest BCUT2D eigenvalue weighted by molar-refractivity contribution is 7.45. The lowest BCUT2D eigenvalue weighted by Gasteiger charge is -2.28. The number of esters is 2. The molecule has 0 heterocycles. The van der Waals surface area contributed by atoms with Crippen molar-refractivity contribution in [3.05, 3.63) is 12.7 Å². The van der Waals surface area contributed by atoms with Gasteiger partial charge < -0.3 is 27.9 Å². The van der Waals surface area contributed by atoms with Gasteiger partial charge in [0, 0.05) is 12.8 Å². The number of hydrogen-bond acceptors (Lipinski definition) is 8. The van der Waals surface area contributed by atoms with Crippen LogP contribution in [0.4, 0.5) is 0 Å². The normalized spacial score (nSPS) is 13.2. The van der Waals surface area contributed by atoms with E-state index in [2.05, 4.69) is 13.5 Å². The molecular weight excluding hydrogens is 798 g/mol. The van der Waals surface area contributed by atoms with E-state index in [9.17, 15) is 19.0 Å². The summed E-state index contributed by atoms with van der Waals surface area (Å²) < 4.78 is 34.1. The van der Waals surface area contributed by atoms with Crippen molar-refractivity contribution in [1.82, 2.24) is 0 Å². The molecule has 0 spiro atoms. The summed E-state index contributed by atoms with van der Waals surface area (Å²) in [4.78, 5) is 37.7. The van der Waals surface area contributed by atoms with Crippen molar-refractivity contribution < 1.29 is 42.1 Å². The number of carbonyl (C=O) groups excluding carboxylic acids is 2. The van der Waals surface area contributed by atoms with Gasteiger partial charge in [-0.3, -0.25) is 14.2 Å². The van der Waals surface area contributed by atoms with E-state index in [4.69, 9.17) is 18.5 Å². The highest BCUT2D eigenvalue weighted by Crippen LogP contribution is 2.38. The monoisotopic (exact) mass is 900 g/mol. The molecule has 0 amide bonds. The largest absolute Gasteiger partial charge is 0.756 e. The molecule has 0 fully saturated rings. The number of quaternary nitrogens is 1. The third kappa shape index (κ3) is 48.2. The highest BCUT2D eigenvalue weighted by Gasteiger charge is 2.21. The Balaban J connectivity index is 4.14. The maximum absolute atomic E-state index is 12.7. The van der Waals surface area contributed by atoms with Crippen LogP contribution in [0.3, 0.4) is 0 Å². The first-order chi connectivity index (χ1) is 30.0. The Hall–Kier alpha value is -1.25. The molecule has 0 aliphatic rings. The van der Waals surface area contributed by atoms with Gasteiger partial charge >= 0.3 is 11.9 Å². The summed E-state index contributed by atoms with van der Waals surface area (Å²) in [6, 6.07) is 0. The summed E-state index contributed by atoms with van der Waals surface area (Å²) >= 11 is 0. The molecule has 0 saturated carbocycles. The fourth-order valence-corrected chi connectivity index (χ4v) is 8.54. The standard InChI is InChI=1S/C52H102NO8P/c1-6-8-10-12-14-16-18-20-22-23-24-25-26-27-28-29-31-33-35-37-39-41-43-45-52(55)61-50(49-60-62(56,57)59-47-46-53(3,4)5)48-58-51(54)44-42-40-38-36-34-32-30-21-19-17-15-13-11-9-7-2/h7,50H,2,6,8-49H2,1,3-5H3/t50-/m1/s1. The molecule has 0 saturated heterocycles. The van der Waals surface area contributed by atoms with Gasteiger partial charge in [-0.15, -0.1) is 6.58 Å². The Labute approximate surface area is 384 Å². The number of allylic oxidation sites excluding steroid dienone is 1. The van der Waals surface area contributed by atoms with Crippen LogP contribution in [-0.2, 0) is 32.7 Å². The van der Waals surface area contributed by atoms with Crippen LogP contribution in [0.2, 0.25) is 0 Å². The smallest absolute Gasteiger partial charge is 0.306 e. The summed E-state index contributed by atoms with van der Waals surface area (Å²) in [6.45, 7) is 5.81. The fraction of sp³-hybridized carbons (Fsp3) is 0.923. The molecule has 0 rings (SSSR count). The lowest BCUT2D eigenvalue weighted by Crippen LogP contribution is -2.37. The van der Waals surface area contributed by atoms with Gasteiger partial charge in [0.05, 0.1) is 27.7 Å². The summed E-state index contributed by atoms with van der Waals surface area (Å²) in [6.07, 6.45) is 48.5. The average molecular weight is 900 g/mol. The number of likely N-dealkylation sites (N-methyl/N-ethyl adjacent to an activating group) is 1. The van der Waals surface area contributed by atoms with Crippen LogP contribution < -0.4 is 4.89 Å². The number of rotatable bonds is 50. The van der Waals surface area contributed by atoms with Crippen LogP contribution in [0.5, 0.6) is 0 Å². The number of carbonyl (C=O) groups is 2. The Morgan fingerprint density at radius 1 is 0.516 bits per heavy atom. The van der Waals surface area contributed by atoms with E-state index in [1.54, 1.807) is 0 Å². The molecule has 0 aromatic rings. The van der Waals surface area contributed by atoms with E-state index < -0.39 is 26.5 Å². The van der Waals surface area contributed by atoms with Crippen molar-refractivity contribution in [2.45, 2.75) is 263 Å². The van der Waals surface area contributed by atoms with Gasteiger partial charge in [0.2, 0.25) is 0 Å². The minimum absolute atomic E-state index is 0.0276. The van der Waals surface area contributed by atoms with E-state index in [0.29, 0.717) is 17.4 Å². The van der Waals surface area contributed by atoms with E-state index in [1.165, 1.54) is 193 Å². The summed E-state index contributed by atoms with van der Waals surface area (Å²) in [5.41, 5.74) is 0. The zero-order valence-electron chi connectivity index (χ0n) is 41.4. The molecule has 2 atom stereocenters. The summed E-state index contributed by atoms with van der Waals surface area (Å²) in [7, 11) is 1.18. The number of phosphoric ester groups is 1. The molecule has 0 aromatic carbocycles. The molecule has 9 nitrogen and oxygen atoms in total. The van der Waals surface area contributed by atoms with Crippen LogP contribution in [0.1, 0.15) is 257 Å². The molecule has 10 heteroatoms. The summed E-state index contributed by atoms with van der Waals surface area (Å²) in [5, 5.41) is 0. The molecule has 0 radical (unpaired) electrons. The van der Waals surface area contributed by atoms with Crippen LogP contribution in [0.25, 0.3) is 0 Å². The van der Waals surface area contributed by atoms with Crippen LogP contribution in [0, 0.1) is 0 Å². The Morgan fingerprint density at radius 2 is 0.855 bits per heavy atom. The minimum atomic E-state index is -4.62. The molecule has 0 aliphatic heterocycles. The SMILES string of the molecule is C=CCCCCCCCCCCCCCCCC(=O)OC[C@H](COP(=O)([O-])OCC[N+](C)(C)C)OC(=O)CCCCCCCCCCCCCCCCCCCCCCCCC. The number of hydrogen-bond donors (Lipinski definition) is 0. The van der Waals surface area contributed by atoms with Gasteiger partial charge in [-0.1, -0.05) is 225 Å². The fourth-order valence-electron chi connectivity index (χ4n) is 7.81. The maximum atomic E-state index is 12.7. The van der Waals surface area contributed by atoms with Gasteiger partial charge in [-0.2, -0.15) is 0 Å². The van der Waals surface area contributed by atoms with Gasteiger partial charge in [0.1, 0.15) is 19.8 Å². The van der Waals surface area contributed by atoms with E-state index in [-0.39, 0.29) is 32.0 Å². The van der Waals surface area contributed by atoms with Gasteiger partial charge in [0.25, 0.3) is 7.82 Å². The first-order valence-corrected chi connectivity index (χ1v) is 27.8. The molecule has 0 N–H and O–H groups in total. The molecular formula is C52H102NO8P. The van der Waals surface area contributed by atoms with E-state index in [1.807, 2.05) is 27.2 Å². The molecule has 0 aliphatic carbocycles. The second kappa shape index (κ2) is 44.9. The topological polar surface area (TPSA) is 111 Å². The number of phosphoric acid groups is 1. The number of unbranched alkanes of at least 4 members (excludes halogenated alkanes) is 35. The predicted octanol–water partition coefficient (Wildman–Crippen LogP) is 15.1. The van der Waals surface area contributed by atoms with Crippen LogP contribution in [0.15, 0.2) is 12.7 Å². The second-order valence-electron chi connectivity index (χ2n) is 19.3. The number of nitrogens with zero attached hydrogens (tertiary/aromatic N) is 1. The first kappa shape index (κ1) is 60.8. The number of ether oxygens (including phenoxy) is 2. The third-order valence-electron chi connectivity index (χ3n) is 11.9. The summed E-state index contributed by atoms with van der Waals surface area (Å²) in [5.74, 6) is -0.820. The first-order valence-electron chi connectivity index (χ1n) is 26.4. The van der Waals surface area contributed by atoms with Crippen LogP contribution >= 0.6 is 7.82 Å². The minimum Gasteiger partial charge on any atom is -0.756 e. The molecule has 1 unspecified atom stereocenters. The predicted molar refractivity (Wildman–Crippen MR) is 259 cm³/mol. The van der Waals surface area contributed by atoms with Crippen molar-refractivity contribution in [3.63, 3.8) is 0 Å². The molecule has 0 bridgehead atoms. The average Bonchev–Trinajstić information content (AvgIpc) is 3.23. The Morgan fingerprint density at radius 3 is 1.21 bits per heavy atom. The lowest BCUT2D eigenvalue weighted by molar-refractivity contribution is -0.870. The molecule has 368 valence electrons. The quantitative estimate of drug-likeness (QED) is 0.0195. The van der Waals surface area contributed by atoms with Gasteiger partial charge in [-0.25, -0.2) is 0 Å².